The summed E-state index contributed by atoms with van der Waals surface area (Å²) in [6.07, 6.45) is 0. The van der Waals surface area contributed by atoms with Gasteiger partial charge in [-0.15, -0.1) is 0 Å². The van der Waals surface area contributed by atoms with E-state index in [1.54, 1.807) is 6.07 Å². The summed E-state index contributed by atoms with van der Waals surface area (Å²) >= 11 is 0. The summed E-state index contributed by atoms with van der Waals surface area (Å²) in [6.45, 7) is 1.92. The lowest BCUT2D eigenvalue weighted by Crippen LogP contribution is -2.35. The van der Waals surface area contributed by atoms with E-state index in [1.807, 2.05) is 31.2 Å². The largest absolute Gasteiger partial charge is 0.504 e. The summed E-state index contributed by atoms with van der Waals surface area (Å²) in [7, 11) is 0. The number of nitrogens with zero attached hydrogens (tertiary/aromatic N) is 1. The van der Waals surface area contributed by atoms with Gasteiger partial charge in [0.2, 0.25) is 0 Å². The highest BCUT2D eigenvalue weighted by atomic mass is 16.3. The number of nitrogens with two attached hydrogens (primary N) is 1. The molecule has 1 amide bonds. The first-order valence-electron chi connectivity index (χ1n) is 7.45. The molecule has 126 valence electrons. The molecule has 0 unspecified atom stereocenters. The number of carbonyl (C=O) groups excluding carboxylic acids is 1. The molecule has 3 aromatic rings. The number of hydrogen-bond acceptors (Lipinski definition) is 5. The maximum absolute atomic E-state index is 12.4. The number of aryl methyl sites for hydroxylation is 1. The lowest BCUT2D eigenvalue weighted by molar-refractivity contribution is 0.0978. The number of pyridine rings is 1. The van der Waals surface area contributed by atoms with Crippen molar-refractivity contribution in [3.8, 4) is 22.8 Å². The summed E-state index contributed by atoms with van der Waals surface area (Å²) in [4.78, 5) is 16.9. The number of aromatic hydroxyl groups is 2. The maximum atomic E-state index is 12.4. The second kappa shape index (κ2) is 6.12. The van der Waals surface area contributed by atoms with Gasteiger partial charge in [-0.2, -0.15) is 0 Å². The summed E-state index contributed by atoms with van der Waals surface area (Å²) in [5, 5.41) is 29.3. The zero-order valence-electron chi connectivity index (χ0n) is 13.4. The van der Waals surface area contributed by atoms with Crippen LogP contribution in [0.4, 0.5) is 0 Å². The maximum Gasteiger partial charge on any atom is 0.258 e. The Bertz CT molecular complexity index is 1010. The minimum absolute atomic E-state index is 0.189. The molecule has 0 spiro atoms. The van der Waals surface area contributed by atoms with Crippen LogP contribution in [-0.2, 0) is 0 Å². The number of nitrogens with one attached hydrogen (secondary N) is 2. The zero-order chi connectivity index (χ0) is 18.1. The molecule has 7 heteroatoms. The summed E-state index contributed by atoms with van der Waals surface area (Å²) < 4.78 is 0. The molecule has 7 nitrogen and oxygen atoms in total. The molecule has 0 atom stereocenters. The molecule has 0 radical (unpaired) electrons. The van der Waals surface area contributed by atoms with E-state index >= 15 is 0 Å². The fourth-order valence-corrected chi connectivity index (χ4v) is 2.63. The van der Waals surface area contributed by atoms with Crippen LogP contribution in [0.2, 0.25) is 0 Å². The fourth-order valence-electron chi connectivity index (χ4n) is 2.63. The third-order valence-electron chi connectivity index (χ3n) is 3.82. The number of rotatable bonds is 2. The Labute approximate surface area is 143 Å². The van der Waals surface area contributed by atoms with Crippen LogP contribution in [0.25, 0.3) is 22.2 Å². The molecule has 1 heterocycles. The first-order valence-corrected chi connectivity index (χ1v) is 7.45. The number of phenolic OH excluding ortho intramolecular Hbond substituents is 2. The van der Waals surface area contributed by atoms with E-state index in [0.717, 1.165) is 11.1 Å². The van der Waals surface area contributed by atoms with E-state index < -0.39 is 11.9 Å². The van der Waals surface area contributed by atoms with Crippen LogP contribution < -0.4 is 11.1 Å². The minimum Gasteiger partial charge on any atom is -0.504 e. The van der Waals surface area contributed by atoms with Gasteiger partial charge in [-0.1, -0.05) is 24.3 Å². The van der Waals surface area contributed by atoms with Gasteiger partial charge < -0.3 is 15.9 Å². The second-order valence-electron chi connectivity index (χ2n) is 5.60. The van der Waals surface area contributed by atoms with Crippen molar-refractivity contribution < 1.29 is 15.0 Å². The van der Waals surface area contributed by atoms with Gasteiger partial charge in [0.1, 0.15) is 0 Å². The monoisotopic (exact) mass is 336 g/mol. The van der Waals surface area contributed by atoms with Crippen molar-refractivity contribution in [2.75, 3.05) is 0 Å². The normalized spacial score (nSPS) is 10.6. The van der Waals surface area contributed by atoms with Crippen molar-refractivity contribution in [1.29, 1.82) is 5.41 Å². The average Bonchev–Trinajstić information content (AvgIpc) is 2.55. The summed E-state index contributed by atoms with van der Waals surface area (Å²) in [5.41, 5.74) is 8.10. The Morgan fingerprint density at radius 3 is 2.52 bits per heavy atom. The topological polar surface area (TPSA) is 132 Å². The first kappa shape index (κ1) is 16.3. The Morgan fingerprint density at radius 1 is 1.16 bits per heavy atom. The molecule has 0 aliphatic carbocycles. The van der Waals surface area contributed by atoms with Crippen molar-refractivity contribution >= 4 is 22.8 Å². The molecular formula is C18H16N4O3. The summed E-state index contributed by atoms with van der Waals surface area (Å²) in [5.74, 6) is -1.79. The van der Waals surface area contributed by atoms with Crippen molar-refractivity contribution in [3.63, 3.8) is 0 Å². The van der Waals surface area contributed by atoms with Crippen LogP contribution in [0.5, 0.6) is 11.5 Å². The number of aromatic nitrogens is 1. The number of fused-ring (bicyclic) bond motifs is 1. The molecule has 0 fully saturated rings. The highest BCUT2D eigenvalue weighted by Gasteiger charge is 2.17. The molecule has 3 rings (SSSR count). The van der Waals surface area contributed by atoms with Crippen molar-refractivity contribution in [1.82, 2.24) is 10.3 Å². The van der Waals surface area contributed by atoms with Crippen molar-refractivity contribution in [2.24, 2.45) is 5.73 Å². The van der Waals surface area contributed by atoms with Crippen molar-refractivity contribution in [3.05, 3.63) is 53.6 Å². The van der Waals surface area contributed by atoms with Crippen LogP contribution >= 0.6 is 0 Å². The van der Waals surface area contributed by atoms with E-state index in [-0.39, 0.29) is 17.1 Å². The number of carbonyl (C=O) groups is 1. The molecule has 1 aromatic heterocycles. The van der Waals surface area contributed by atoms with Crippen LogP contribution in [0.3, 0.4) is 0 Å². The van der Waals surface area contributed by atoms with Gasteiger partial charge in [-0.05, 0) is 24.6 Å². The molecule has 25 heavy (non-hydrogen) atoms. The van der Waals surface area contributed by atoms with Gasteiger partial charge in [0.15, 0.2) is 17.5 Å². The number of amides is 1. The highest BCUT2D eigenvalue weighted by molar-refractivity contribution is 6.12. The van der Waals surface area contributed by atoms with Gasteiger partial charge in [0.25, 0.3) is 5.91 Å². The minimum atomic E-state index is -0.597. The van der Waals surface area contributed by atoms with E-state index in [1.165, 1.54) is 12.1 Å². The Balaban J connectivity index is 2.31. The Hall–Kier alpha value is -3.61. The molecule has 6 N–H and O–H groups in total. The van der Waals surface area contributed by atoms with E-state index in [9.17, 15) is 15.0 Å². The molecule has 0 bridgehead atoms. The van der Waals surface area contributed by atoms with Gasteiger partial charge >= 0.3 is 0 Å². The van der Waals surface area contributed by atoms with Gasteiger partial charge in [0.05, 0.1) is 16.8 Å². The number of phenols is 2. The lowest BCUT2D eigenvalue weighted by atomic mass is 10.0. The third-order valence-corrected chi connectivity index (χ3v) is 3.82. The van der Waals surface area contributed by atoms with Gasteiger partial charge in [0, 0.05) is 17.0 Å². The molecule has 2 aromatic carbocycles. The van der Waals surface area contributed by atoms with Crippen LogP contribution in [0, 0.1) is 12.3 Å². The SMILES string of the molecule is Cc1ccccc1-c1cc(C(=O)NC(=N)N)c2cc(O)c(O)cc2n1. The number of guanidine groups is 1. The van der Waals surface area contributed by atoms with E-state index in [2.05, 4.69) is 10.3 Å². The molecule has 0 aliphatic rings. The quantitative estimate of drug-likeness (QED) is 0.278. The smallest absolute Gasteiger partial charge is 0.258 e. The predicted octanol–water partition coefficient (Wildman–Crippen LogP) is 2.24. The Morgan fingerprint density at radius 2 is 1.84 bits per heavy atom. The predicted molar refractivity (Wildman–Crippen MR) is 94.6 cm³/mol. The summed E-state index contributed by atoms with van der Waals surface area (Å²) in [6, 6.07) is 11.7. The van der Waals surface area contributed by atoms with Crippen LogP contribution in [0.1, 0.15) is 15.9 Å². The number of benzene rings is 2. The second-order valence-corrected chi connectivity index (χ2v) is 5.60. The lowest BCUT2D eigenvalue weighted by Gasteiger charge is -2.12. The van der Waals surface area contributed by atoms with Gasteiger partial charge in [-0.25, -0.2) is 4.98 Å². The van der Waals surface area contributed by atoms with Crippen molar-refractivity contribution in [2.45, 2.75) is 6.92 Å². The van der Waals surface area contributed by atoms with Gasteiger partial charge in [-0.3, -0.25) is 15.5 Å². The number of hydrogen-bond donors (Lipinski definition) is 5. The average molecular weight is 336 g/mol. The highest BCUT2D eigenvalue weighted by Crippen LogP contribution is 2.33. The van der Waals surface area contributed by atoms with Crippen LogP contribution in [0.15, 0.2) is 42.5 Å². The third kappa shape index (κ3) is 3.07. The molecule has 0 saturated carbocycles. The first-order chi connectivity index (χ1) is 11.9. The van der Waals surface area contributed by atoms with E-state index in [4.69, 9.17) is 11.1 Å². The molecular weight excluding hydrogens is 320 g/mol. The Kier molecular flexibility index (Phi) is 3.98. The molecule has 0 saturated heterocycles. The molecule has 0 aliphatic heterocycles. The van der Waals surface area contributed by atoms with E-state index in [0.29, 0.717) is 16.6 Å². The standard InChI is InChI=1S/C18H16N4O3/c1-9-4-2-3-5-10(9)13-6-12(17(25)22-18(19)20)11-7-15(23)16(24)8-14(11)21-13/h2-8,23-24H,1H3,(H4,19,20,22,25). The van der Waals surface area contributed by atoms with Crippen LogP contribution in [-0.4, -0.2) is 27.1 Å². The fraction of sp³-hybridized carbons (Fsp3) is 0.0556. The zero-order valence-corrected chi connectivity index (χ0v) is 13.4.